The number of ether oxygens (including phenoxy) is 1. The molecular weight excluding hydrogens is 234 g/mol. The van der Waals surface area contributed by atoms with Gasteiger partial charge in [-0.05, 0) is 44.0 Å². The molecule has 2 heteroatoms. The second-order valence-corrected chi connectivity index (χ2v) is 5.25. The molecule has 2 nitrogen and oxygen atoms in total. The Hall–Kier alpha value is -1.96. The van der Waals surface area contributed by atoms with Crippen LogP contribution in [0.25, 0.3) is 0 Å². The van der Waals surface area contributed by atoms with Gasteiger partial charge >= 0.3 is 0 Å². The molecule has 0 spiro atoms. The minimum absolute atomic E-state index is 0.203. The normalized spacial score (nSPS) is 17.8. The van der Waals surface area contributed by atoms with Crippen molar-refractivity contribution in [3.8, 4) is 5.75 Å². The van der Waals surface area contributed by atoms with E-state index >= 15 is 0 Å². The van der Waals surface area contributed by atoms with Crippen molar-refractivity contribution < 1.29 is 4.74 Å². The van der Waals surface area contributed by atoms with Crippen molar-refractivity contribution in [1.29, 1.82) is 0 Å². The topological polar surface area (TPSA) is 12.5 Å². The van der Waals surface area contributed by atoms with Crippen molar-refractivity contribution in [2.75, 3.05) is 11.4 Å². The second-order valence-electron chi connectivity index (χ2n) is 5.25. The van der Waals surface area contributed by atoms with E-state index in [4.69, 9.17) is 4.74 Å². The highest BCUT2D eigenvalue weighted by Crippen LogP contribution is 2.40. The van der Waals surface area contributed by atoms with E-state index in [1.54, 1.807) is 0 Å². The fourth-order valence-electron chi connectivity index (χ4n) is 2.83. The molecule has 0 N–H and O–H groups in total. The van der Waals surface area contributed by atoms with Crippen LogP contribution < -0.4 is 9.64 Å². The molecule has 0 amide bonds. The predicted molar refractivity (Wildman–Crippen MR) is 79.5 cm³/mol. The van der Waals surface area contributed by atoms with Crippen LogP contribution in [0.5, 0.6) is 5.75 Å². The molecule has 2 aromatic carbocycles. The van der Waals surface area contributed by atoms with Crippen LogP contribution >= 0.6 is 0 Å². The Morgan fingerprint density at radius 1 is 1.00 bits per heavy atom. The van der Waals surface area contributed by atoms with Gasteiger partial charge in [0.25, 0.3) is 0 Å². The average Bonchev–Trinajstić information content (AvgIpc) is 2.38. The van der Waals surface area contributed by atoms with Gasteiger partial charge in [0, 0.05) is 5.69 Å². The largest absolute Gasteiger partial charge is 0.487 e. The van der Waals surface area contributed by atoms with Gasteiger partial charge in [0.15, 0.2) is 0 Å². The van der Waals surface area contributed by atoms with E-state index < -0.39 is 0 Å². The van der Waals surface area contributed by atoms with Gasteiger partial charge in [0.2, 0.25) is 0 Å². The molecule has 0 saturated carbocycles. The summed E-state index contributed by atoms with van der Waals surface area (Å²) in [4.78, 5) is 2.38. The summed E-state index contributed by atoms with van der Waals surface area (Å²) in [6.45, 7) is 7.36. The first-order valence-electron chi connectivity index (χ1n) is 6.76. The van der Waals surface area contributed by atoms with Crippen molar-refractivity contribution in [1.82, 2.24) is 0 Å². The molecule has 2 aromatic rings. The minimum Gasteiger partial charge on any atom is -0.487 e. The maximum Gasteiger partial charge on any atom is 0.143 e. The Kier molecular flexibility index (Phi) is 2.94. The fourth-order valence-corrected chi connectivity index (χ4v) is 2.83. The third-order valence-corrected chi connectivity index (χ3v) is 3.63. The smallest absolute Gasteiger partial charge is 0.143 e. The lowest BCUT2D eigenvalue weighted by atomic mass is 10.1. The summed E-state index contributed by atoms with van der Waals surface area (Å²) in [5, 5.41) is 0. The van der Waals surface area contributed by atoms with Gasteiger partial charge in [-0.3, -0.25) is 0 Å². The van der Waals surface area contributed by atoms with Crippen LogP contribution in [0.1, 0.15) is 18.1 Å². The van der Waals surface area contributed by atoms with Crippen molar-refractivity contribution in [3.63, 3.8) is 0 Å². The molecule has 0 aliphatic carbocycles. The molecule has 98 valence electrons. The highest BCUT2D eigenvalue weighted by Gasteiger charge is 2.25. The molecule has 1 unspecified atom stereocenters. The minimum atomic E-state index is 0.203. The maximum absolute atomic E-state index is 5.92. The zero-order chi connectivity index (χ0) is 13.4. The summed E-state index contributed by atoms with van der Waals surface area (Å²) in [7, 11) is 0. The van der Waals surface area contributed by atoms with E-state index in [2.05, 4.69) is 56.0 Å². The van der Waals surface area contributed by atoms with E-state index in [0.29, 0.717) is 0 Å². The lowest BCUT2D eigenvalue weighted by Gasteiger charge is -2.36. The summed E-state index contributed by atoms with van der Waals surface area (Å²) in [6.07, 6.45) is 0.203. The first-order valence-corrected chi connectivity index (χ1v) is 6.76. The van der Waals surface area contributed by atoms with Crippen molar-refractivity contribution >= 4 is 11.4 Å². The van der Waals surface area contributed by atoms with Gasteiger partial charge in [0.1, 0.15) is 11.9 Å². The number of fused-ring (bicyclic) bond motifs is 1. The van der Waals surface area contributed by atoms with E-state index in [1.807, 2.05) is 12.1 Å². The first-order chi connectivity index (χ1) is 9.16. The fraction of sp³-hybridized carbons (Fsp3) is 0.294. The summed E-state index contributed by atoms with van der Waals surface area (Å²) in [6, 6.07) is 14.7. The van der Waals surface area contributed by atoms with Crippen LogP contribution in [0.3, 0.4) is 0 Å². The highest BCUT2D eigenvalue weighted by atomic mass is 16.5. The molecule has 1 heterocycles. The molecule has 0 fully saturated rings. The number of benzene rings is 2. The van der Waals surface area contributed by atoms with E-state index in [1.165, 1.54) is 16.8 Å². The van der Waals surface area contributed by atoms with Gasteiger partial charge in [-0.2, -0.15) is 0 Å². The summed E-state index contributed by atoms with van der Waals surface area (Å²) in [5.41, 5.74) is 5.09. The summed E-state index contributed by atoms with van der Waals surface area (Å²) >= 11 is 0. The lowest BCUT2D eigenvalue weighted by Crippen LogP contribution is -2.35. The molecule has 0 bridgehead atoms. The highest BCUT2D eigenvalue weighted by molar-refractivity contribution is 5.74. The monoisotopic (exact) mass is 253 g/mol. The third kappa shape index (κ3) is 2.07. The third-order valence-electron chi connectivity index (χ3n) is 3.63. The number of hydrogen-bond acceptors (Lipinski definition) is 2. The van der Waals surface area contributed by atoms with Gasteiger partial charge < -0.3 is 9.64 Å². The number of aryl methyl sites for hydroxylation is 2. The quantitative estimate of drug-likeness (QED) is 0.754. The van der Waals surface area contributed by atoms with Crippen LogP contribution in [-0.4, -0.2) is 12.6 Å². The zero-order valence-electron chi connectivity index (χ0n) is 11.7. The van der Waals surface area contributed by atoms with Gasteiger partial charge in [0.05, 0.1) is 12.2 Å². The number of nitrogens with zero attached hydrogens (tertiary/aromatic N) is 1. The SMILES string of the molecule is Cc1cccc(C)c1N1CC(C)Oc2ccccc21. The Balaban J connectivity index is 2.16. The maximum atomic E-state index is 5.92. The number of hydrogen-bond donors (Lipinski definition) is 0. The molecule has 0 aromatic heterocycles. The van der Waals surface area contributed by atoms with E-state index in [0.717, 1.165) is 18.0 Å². The van der Waals surface area contributed by atoms with Crippen molar-refractivity contribution in [2.45, 2.75) is 26.9 Å². The Bertz CT molecular complexity index is 586. The average molecular weight is 253 g/mol. The standard InChI is InChI=1S/C17H19NO/c1-12-7-6-8-13(2)17(12)18-11-14(3)19-16-10-5-4-9-15(16)18/h4-10,14H,11H2,1-3H3. The van der Waals surface area contributed by atoms with Crippen molar-refractivity contribution in [3.05, 3.63) is 53.6 Å². The van der Waals surface area contributed by atoms with Gasteiger partial charge in [-0.1, -0.05) is 30.3 Å². The Labute approximate surface area is 114 Å². The molecule has 1 aliphatic rings. The summed E-state index contributed by atoms with van der Waals surface area (Å²) < 4.78 is 5.92. The predicted octanol–water partition coefficient (Wildman–Crippen LogP) is 4.22. The van der Waals surface area contributed by atoms with Crippen LogP contribution in [0, 0.1) is 13.8 Å². The van der Waals surface area contributed by atoms with Crippen LogP contribution in [-0.2, 0) is 0 Å². The van der Waals surface area contributed by atoms with Crippen molar-refractivity contribution in [2.24, 2.45) is 0 Å². The first kappa shape index (κ1) is 12.1. The Morgan fingerprint density at radius 3 is 2.42 bits per heavy atom. The molecule has 0 radical (unpaired) electrons. The molecule has 19 heavy (non-hydrogen) atoms. The molecular formula is C17H19NO. The zero-order valence-corrected chi connectivity index (χ0v) is 11.7. The molecule has 1 aliphatic heterocycles. The number of rotatable bonds is 1. The molecule has 1 atom stereocenters. The Morgan fingerprint density at radius 2 is 1.68 bits per heavy atom. The van der Waals surface area contributed by atoms with E-state index in [-0.39, 0.29) is 6.10 Å². The van der Waals surface area contributed by atoms with Gasteiger partial charge in [-0.25, -0.2) is 0 Å². The molecule has 0 saturated heterocycles. The van der Waals surface area contributed by atoms with Crippen LogP contribution in [0.2, 0.25) is 0 Å². The van der Waals surface area contributed by atoms with Gasteiger partial charge in [-0.15, -0.1) is 0 Å². The summed E-state index contributed by atoms with van der Waals surface area (Å²) in [5.74, 6) is 0.976. The van der Waals surface area contributed by atoms with E-state index in [9.17, 15) is 0 Å². The van der Waals surface area contributed by atoms with Crippen LogP contribution in [0.4, 0.5) is 11.4 Å². The lowest BCUT2D eigenvalue weighted by molar-refractivity contribution is 0.217. The number of para-hydroxylation sites is 3. The second kappa shape index (κ2) is 4.61. The number of anilines is 2. The molecule has 3 rings (SSSR count). The van der Waals surface area contributed by atoms with Crippen LogP contribution in [0.15, 0.2) is 42.5 Å².